The summed E-state index contributed by atoms with van der Waals surface area (Å²) in [5.41, 5.74) is 4.02. The molecule has 23 heavy (non-hydrogen) atoms. The summed E-state index contributed by atoms with van der Waals surface area (Å²) in [6, 6.07) is 17.5. The maximum Gasteiger partial charge on any atom is 0.200 e. The molecule has 1 aliphatic heterocycles. The Labute approximate surface area is 134 Å². The lowest BCUT2D eigenvalue weighted by Crippen LogP contribution is -2.07. The standard InChI is InChI=1S/C19H16N2O2/c1-13-18-16(20-21(13)11-14-7-3-2-4-8-14)12-23-17-10-6-5-9-15(17)19(18)22/h2-10H,11-12H2,1H3. The topological polar surface area (TPSA) is 44.1 Å². The van der Waals surface area contributed by atoms with E-state index in [1.54, 1.807) is 6.07 Å². The first kappa shape index (κ1) is 13.8. The van der Waals surface area contributed by atoms with Gasteiger partial charge in [-0.3, -0.25) is 9.48 Å². The van der Waals surface area contributed by atoms with Gasteiger partial charge < -0.3 is 4.74 Å². The Hall–Kier alpha value is -2.88. The quantitative estimate of drug-likeness (QED) is 0.729. The molecule has 0 bridgehead atoms. The number of hydrogen-bond acceptors (Lipinski definition) is 3. The first-order valence-electron chi connectivity index (χ1n) is 7.61. The van der Waals surface area contributed by atoms with Crippen LogP contribution < -0.4 is 4.74 Å². The van der Waals surface area contributed by atoms with Crippen molar-refractivity contribution in [1.82, 2.24) is 9.78 Å². The molecule has 0 N–H and O–H groups in total. The molecule has 0 fully saturated rings. The molecule has 0 saturated carbocycles. The van der Waals surface area contributed by atoms with Crippen LogP contribution in [0.25, 0.3) is 0 Å². The van der Waals surface area contributed by atoms with Gasteiger partial charge in [0.15, 0.2) is 0 Å². The van der Waals surface area contributed by atoms with Crippen LogP contribution in [0, 0.1) is 6.92 Å². The van der Waals surface area contributed by atoms with Crippen molar-refractivity contribution in [2.45, 2.75) is 20.1 Å². The highest BCUT2D eigenvalue weighted by molar-refractivity contribution is 6.12. The van der Waals surface area contributed by atoms with E-state index < -0.39 is 0 Å². The Morgan fingerprint density at radius 1 is 1.09 bits per heavy atom. The van der Waals surface area contributed by atoms with Gasteiger partial charge in [-0.15, -0.1) is 0 Å². The summed E-state index contributed by atoms with van der Waals surface area (Å²) in [6.45, 7) is 2.91. The molecule has 2 aromatic carbocycles. The number of aromatic nitrogens is 2. The SMILES string of the molecule is Cc1c2c(nn1Cc1ccccc1)COc1ccccc1C2=O. The summed E-state index contributed by atoms with van der Waals surface area (Å²) in [5, 5.41) is 4.61. The molecule has 4 nitrogen and oxygen atoms in total. The highest BCUT2D eigenvalue weighted by Crippen LogP contribution is 2.29. The lowest BCUT2D eigenvalue weighted by molar-refractivity contribution is 0.103. The van der Waals surface area contributed by atoms with E-state index in [-0.39, 0.29) is 5.78 Å². The van der Waals surface area contributed by atoms with Crippen molar-refractivity contribution >= 4 is 5.78 Å². The number of carbonyl (C=O) groups excluding carboxylic acids is 1. The summed E-state index contributed by atoms with van der Waals surface area (Å²) in [7, 11) is 0. The molecule has 0 aliphatic carbocycles. The highest BCUT2D eigenvalue weighted by Gasteiger charge is 2.27. The van der Waals surface area contributed by atoms with Crippen LogP contribution in [0.4, 0.5) is 0 Å². The maximum atomic E-state index is 12.9. The van der Waals surface area contributed by atoms with E-state index in [4.69, 9.17) is 4.74 Å². The fraction of sp³-hybridized carbons (Fsp3) is 0.158. The zero-order valence-corrected chi connectivity index (χ0v) is 12.8. The summed E-state index contributed by atoms with van der Waals surface area (Å²) in [5.74, 6) is 0.620. The Balaban J connectivity index is 1.77. The summed E-state index contributed by atoms with van der Waals surface area (Å²) in [6.07, 6.45) is 0. The molecule has 0 saturated heterocycles. The van der Waals surface area contributed by atoms with Gasteiger partial charge in [0.25, 0.3) is 0 Å². The summed E-state index contributed by atoms with van der Waals surface area (Å²) in [4.78, 5) is 12.9. The molecule has 4 rings (SSSR count). The normalized spacial score (nSPS) is 13.0. The fourth-order valence-corrected chi connectivity index (χ4v) is 2.98. The van der Waals surface area contributed by atoms with Crippen LogP contribution in [-0.4, -0.2) is 15.6 Å². The number of benzene rings is 2. The maximum absolute atomic E-state index is 12.9. The number of nitrogens with zero attached hydrogens (tertiary/aromatic N) is 2. The fourth-order valence-electron chi connectivity index (χ4n) is 2.98. The van der Waals surface area contributed by atoms with Crippen LogP contribution in [0.15, 0.2) is 54.6 Å². The van der Waals surface area contributed by atoms with Crippen LogP contribution in [0.1, 0.15) is 32.9 Å². The number of ether oxygens (including phenoxy) is 1. The molecule has 1 aliphatic rings. The van der Waals surface area contributed by atoms with Crippen molar-refractivity contribution in [1.29, 1.82) is 0 Å². The number of ketones is 1. The smallest absolute Gasteiger partial charge is 0.200 e. The van der Waals surface area contributed by atoms with E-state index in [2.05, 4.69) is 17.2 Å². The van der Waals surface area contributed by atoms with Crippen molar-refractivity contribution in [3.63, 3.8) is 0 Å². The third-order valence-corrected chi connectivity index (χ3v) is 4.18. The van der Waals surface area contributed by atoms with E-state index in [9.17, 15) is 4.79 Å². The van der Waals surface area contributed by atoms with Crippen LogP contribution in [0.3, 0.4) is 0 Å². The Bertz CT molecular complexity index is 882. The lowest BCUT2D eigenvalue weighted by Gasteiger charge is -2.07. The van der Waals surface area contributed by atoms with Gasteiger partial charge in [0.1, 0.15) is 18.1 Å². The molecule has 1 aromatic heterocycles. The minimum Gasteiger partial charge on any atom is -0.486 e. The van der Waals surface area contributed by atoms with E-state index in [1.165, 1.54) is 0 Å². The van der Waals surface area contributed by atoms with Crippen LogP contribution in [-0.2, 0) is 13.2 Å². The number of fused-ring (bicyclic) bond motifs is 2. The largest absolute Gasteiger partial charge is 0.486 e. The first-order chi connectivity index (χ1) is 11.2. The van der Waals surface area contributed by atoms with Crippen LogP contribution in [0.5, 0.6) is 5.75 Å². The van der Waals surface area contributed by atoms with Gasteiger partial charge in [0, 0.05) is 5.69 Å². The van der Waals surface area contributed by atoms with Gasteiger partial charge in [-0.05, 0) is 24.6 Å². The van der Waals surface area contributed by atoms with E-state index in [0.717, 1.165) is 11.3 Å². The van der Waals surface area contributed by atoms with Gasteiger partial charge in [0.2, 0.25) is 5.78 Å². The van der Waals surface area contributed by atoms with Gasteiger partial charge in [-0.2, -0.15) is 5.10 Å². The number of carbonyl (C=O) groups is 1. The zero-order valence-electron chi connectivity index (χ0n) is 12.8. The van der Waals surface area contributed by atoms with Crippen molar-refractivity contribution < 1.29 is 9.53 Å². The van der Waals surface area contributed by atoms with Crippen LogP contribution >= 0.6 is 0 Å². The van der Waals surface area contributed by atoms with Gasteiger partial charge >= 0.3 is 0 Å². The second-order valence-electron chi connectivity index (χ2n) is 5.66. The molecule has 4 heteroatoms. The Morgan fingerprint density at radius 3 is 2.65 bits per heavy atom. The molecule has 0 radical (unpaired) electrons. The lowest BCUT2D eigenvalue weighted by atomic mass is 10.0. The van der Waals surface area contributed by atoms with Crippen LogP contribution in [0.2, 0.25) is 0 Å². The monoisotopic (exact) mass is 304 g/mol. The predicted molar refractivity (Wildman–Crippen MR) is 86.7 cm³/mol. The predicted octanol–water partition coefficient (Wildman–Crippen LogP) is 3.36. The third kappa shape index (κ3) is 2.32. The summed E-state index contributed by atoms with van der Waals surface area (Å²) < 4.78 is 7.65. The second-order valence-corrected chi connectivity index (χ2v) is 5.66. The molecule has 0 unspecified atom stereocenters. The minimum atomic E-state index is -0.00934. The average Bonchev–Trinajstić information content (AvgIpc) is 2.81. The second kappa shape index (κ2) is 5.39. The van der Waals surface area contributed by atoms with Crippen molar-refractivity contribution in [2.24, 2.45) is 0 Å². The molecule has 3 aromatic rings. The van der Waals surface area contributed by atoms with E-state index in [0.29, 0.717) is 35.7 Å². The number of para-hydroxylation sites is 1. The highest BCUT2D eigenvalue weighted by atomic mass is 16.5. The first-order valence-corrected chi connectivity index (χ1v) is 7.61. The minimum absolute atomic E-state index is 0.00934. The van der Waals surface area contributed by atoms with E-state index >= 15 is 0 Å². The van der Waals surface area contributed by atoms with Gasteiger partial charge in [-0.1, -0.05) is 42.5 Å². The average molecular weight is 304 g/mol. The Morgan fingerprint density at radius 2 is 1.83 bits per heavy atom. The molecule has 0 atom stereocenters. The number of rotatable bonds is 2. The van der Waals surface area contributed by atoms with Gasteiger partial charge in [-0.25, -0.2) is 0 Å². The van der Waals surface area contributed by atoms with Crippen molar-refractivity contribution in [3.05, 3.63) is 82.7 Å². The molecule has 0 amide bonds. The molecular weight excluding hydrogens is 288 g/mol. The molecule has 0 spiro atoms. The molecule has 114 valence electrons. The van der Waals surface area contributed by atoms with Gasteiger partial charge in [0.05, 0.1) is 17.7 Å². The molecular formula is C19H16N2O2. The van der Waals surface area contributed by atoms with Crippen molar-refractivity contribution in [2.75, 3.05) is 0 Å². The zero-order chi connectivity index (χ0) is 15.8. The van der Waals surface area contributed by atoms with Crippen molar-refractivity contribution in [3.8, 4) is 5.75 Å². The van der Waals surface area contributed by atoms with E-state index in [1.807, 2.05) is 48.0 Å². The number of hydrogen-bond donors (Lipinski definition) is 0. The third-order valence-electron chi connectivity index (χ3n) is 4.18. The molecule has 2 heterocycles. The summed E-state index contributed by atoms with van der Waals surface area (Å²) >= 11 is 0. The Kier molecular flexibility index (Phi) is 3.23.